The van der Waals surface area contributed by atoms with Gasteiger partial charge in [-0.15, -0.1) is 0 Å². The summed E-state index contributed by atoms with van der Waals surface area (Å²) in [6, 6.07) is 4.53. The Labute approximate surface area is 144 Å². The Morgan fingerprint density at radius 3 is 2.68 bits per heavy atom. The maximum Gasteiger partial charge on any atom is 0.282 e. The summed E-state index contributed by atoms with van der Waals surface area (Å²) in [5.41, 5.74) is 1.21. The predicted octanol–water partition coefficient (Wildman–Crippen LogP) is 1.69. The van der Waals surface area contributed by atoms with Crippen LogP contribution in [0.25, 0.3) is 17.0 Å². The number of rotatable bonds is 3. The van der Waals surface area contributed by atoms with Crippen molar-refractivity contribution < 1.29 is 13.3 Å². The number of anilines is 1. The number of nitrogens with zero attached hydrogens (tertiary/aromatic N) is 6. The fourth-order valence-electron chi connectivity index (χ4n) is 2.71. The summed E-state index contributed by atoms with van der Waals surface area (Å²) in [7, 11) is 0. The molecule has 0 radical (unpaired) electrons. The van der Waals surface area contributed by atoms with Gasteiger partial charge in [0.05, 0.1) is 25.0 Å². The SMILES string of the molecule is [O-][S+]1CCN(c2cc(-c3cnc4ccc(C(F)F)nn34)ncn2)CC1. The van der Waals surface area contributed by atoms with Crippen LogP contribution in [-0.2, 0) is 11.2 Å². The zero-order chi connectivity index (χ0) is 17.4. The largest absolute Gasteiger partial charge is 0.616 e. The predicted molar refractivity (Wildman–Crippen MR) is 89.1 cm³/mol. The van der Waals surface area contributed by atoms with E-state index in [0.29, 0.717) is 47.4 Å². The average Bonchev–Trinajstić information content (AvgIpc) is 3.05. The topological polar surface area (TPSA) is 82.3 Å². The lowest BCUT2D eigenvalue weighted by Crippen LogP contribution is -2.40. The lowest BCUT2D eigenvalue weighted by molar-refractivity contribution is 0.144. The van der Waals surface area contributed by atoms with E-state index in [0.717, 1.165) is 0 Å². The Kier molecular flexibility index (Phi) is 4.22. The van der Waals surface area contributed by atoms with Crippen LogP contribution in [0.15, 0.2) is 30.7 Å². The van der Waals surface area contributed by atoms with Gasteiger partial charge in [-0.2, -0.15) is 5.10 Å². The Balaban J connectivity index is 1.71. The summed E-state index contributed by atoms with van der Waals surface area (Å²) in [5.74, 6) is 1.92. The van der Waals surface area contributed by atoms with Crippen molar-refractivity contribution in [2.75, 3.05) is 29.5 Å². The third-order valence-corrected chi connectivity index (χ3v) is 5.30. The van der Waals surface area contributed by atoms with E-state index in [4.69, 9.17) is 0 Å². The lowest BCUT2D eigenvalue weighted by atomic mass is 10.3. The van der Waals surface area contributed by atoms with Gasteiger partial charge in [-0.3, -0.25) is 0 Å². The highest BCUT2D eigenvalue weighted by Crippen LogP contribution is 2.24. The summed E-state index contributed by atoms with van der Waals surface area (Å²) < 4.78 is 38.7. The quantitative estimate of drug-likeness (QED) is 0.658. The second-order valence-corrected chi connectivity index (χ2v) is 7.27. The van der Waals surface area contributed by atoms with Crippen LogP contribution in [0.2, 0.25) is 0 Å². The average molecular weight is 364 g/mol. The van der Waals surface area contributed by atoms with Crippen LogP contribution < -0.4 is 4.90 Å². The first-order valence-corrected chi connectivity index (χ1v) is 9.16. The van der Waals surface area contributed by atoms with E-state index in [9.17, 15) is 13.3 Å². The lowest BCUT2D eigenvalue weighted by Gasteiger charge is -2.28. The Morgan fingerprint density at radius 1 is 1.12 bits per heavy atom. The van der Waals surface area contributed by atoms with Crippen LogP contribution >= 0.6 is 0 Å². The molecule has 0 N–H and O–H groups in total. The van der Waals surface area contributed by atoms with Gasteiger partial charge in [0.15, 0.2) is 5.65 Å². The molecule has 0 unspecified atom stereocenters. The van der Waals surface area contributed by atoms with E-state index in [1.54, 1.807) is 12.3 Å². The summed E-state index contributed by atoms with van der Waals surface area (Å²) in [6.07, 6.45) is 0.316. The number of halogens is 2. The molecule has 7 nitrogen and oxygen atoms in total. The van der Waals surface area contributed by atoms with Crippen molar-refractivity contribution >= 4 is 22.6 Å². The van der Waals surface area contributed by atoms with E-state index in [1.165, 1.54) is 23.0 Å². The van der Waals surface area contributed by atoms with E-state index >= 15 is 0 Å². The molecular weight excluding hydrogens is 350 g/mol. The van der Waals surface area contributed by atoms with Gasteiger partial charge in [-0.1, -0.05) is 11.2 Å². The molecule has 0 amide bonds. The number of aromatic nitrogens is 5. The molecule has 4 rings (SSSR count). The van der Waals surface area contributed by atoms with Gasteiger partial charge >= 0.3 is 0 Å². The molecule has 25 heavy (non-hydrogen) atoms. The zero-order valence-electron chi connectivity index (χ0n) is 13.0. The summed E-state index contributed by atoms with van der Waals surface area (Å²) in [4.78, 5) is 14.7. The molecule has 3 aromatic heterocycles. The highest BCUT2D eigenvalue weighted by molar-refractivity contribution is 7.91. The third-order valence-electron chi connectivity index (χ3n) is 4.02. The molecule has 0 bridgehead atoms. The van der Waals surface area contributed by atoms with E-state index < -0.39 is 17.6 Å². The van der Waals surface area contributed by atoms with Crippen LogP contribution in [0, 0.1) is 0 Å². The second-order valence-electron chi connectivity index (χ2n) is 5.57. The second kappa shape index (κ2) is 6.52. The standard InChI is InChI=1S/C15H14F2N6OS/c16-15(17)10-1-2-13-18-8-12(23(13)21-10)11-7-14(20-9-19-11)22-3-5-25(24)6-4-22/h1-2,7-9,15H,3-6H2. The van der Waals surface area contributed by atoms with Crippen molar-refractivity contribution in [3.05, 3.63) is 36.4 Å². The molecular formula is C15H14F2N6OS. The summed E-state index contributed by atoms with van der Waals surface area (Å²) >= 11 is -0.776. The Morgan fingerprint density at radius 2 is 1.92 bits per heavy atom. The van der Waals surface area contributed by atoms with Gasteiger partial charge in [0, 0.05) is 6.07 Å². The minimum absolute atomic E-state index is 0.320. The fraction of sp³-hybridized carbons (Fsp3) is 0.333. The molecule has 1 aliphatic rings. The highest BCUT2D eigenvalue weighted by atomic mass is 32.2. The van der Waals surface area contributed by atoms with Gasteiger partial charge in [-0.25, -0.2) is 28.2 Å². The molecule has 0 spiro atoms. The number of imidazole rings is 1. The van der Waals surface area contributed by atoms with Crippen LogP contribution in [0.4, 0.5) is 14.6 Å². The van der Waals surface area contributed by atoms with Crippen molar-refractivity contribution in [1.82, 2.24) is 24.6 Å². The Hall–Kier alpha value is -2.33. The maximum absolute atomic E-state index is 12.9. The molecule has 130 valence electrons. The number of fused-ring (bicyclic) bond motifs is 1. The van der Waals surface area contributed by atoms with Gasteiger partial charge < -0.3 is 9.45 Å². The molecule has 0 aromatic carbocycles. The van der Waals surface area contributed by atoms with E-state index in [2.05, 4.69) is 20.1 Å². The molecule has 4 heterocycles. The van der Waals surface area contributed by atoms with Gasteiger partial charge in [0.25, 0.3) is 6.43 Å². The van der Waals surface area contributed by atoms with E-state index in [-0.39, 0.29) is 5.69 Å². The zero-order valence-corrected chi connectivity index (χ0v) is 13.9. The maximum atomic E-state index is 12.9. The van der Waals surface area contributed by atoms with Crippen LogP contribution in [0.1, 0.15) is 12.1 Å². The smallest absolute Gasteiger partial charge is 0.282 e. The van der Waals surface area contributed by atoms with E-state index in [1.807, 2.05) is 4.90 Å². The number of hydrogen-bond donors (Lipinski definition) is 0. The first-order valence-electron chi connectivity index (χ1n) is 7.67. The first kappa shape index (κ1) is 16.2. The van der Waals surface area contributed by atoms with Crippen molar-refractivity contribution in [3.63, 3.8) is 0 Å². The van der Waals surface area contributed by atoms with Crippen molar-refractivity contribution in [2.45, 2.75) is 6.43 Å². The van der Waals surface area contributed by atoms with Crippen LogP contribution in [-0.4, -0.2) is 53.7 Å². The van der Waals surface area contributed by atoms with Crippen LogP contribution in [0.5, 0.6) is 0 Å². The van der Waals surface area contributed by atoms with Gasteiger partial charge in [0.2, 0.25) is 0 Å². The molecule has 0 atom stereocenters. The molecule has 1 fully saturated rings. The molecule has 0 aliphatic carbocycles. The molecule has 1 saturated heterocycles. The van der Waals surface area contributed by atoms with Gasteiger partial charge in [-0.05, 0) is 12.1 Å². The third kappa shape index (κ3) is 3.14. The minimum atomic E-state index is -2.66. The highest BCUT2D eigenvalue weighted by Gasteiger charge is 2.21. The summed E-state index contributed by atoms with van der Waals surface area (Å²) in [5, 5.41) is 3.95. The first-order chi connectivity index (χ1) is 12.1. The summed E-state index contributed by atoms with van der Waals surface area (Å²) in [6.45, 7) is 1.31. The molecule has 0 saturated carbocycles. The Bertz CT molecular complexity index is 897. The number of hydrogen-bond acceptors (Lipinski definition) is 6. The molecule has 3 aromatic rings. The molecule has 10 heteroatoms. The molecule has 1 aliphatic heterocycles. The van der Waals surface area contributed by atoms with Gasteiger partial charge in [0.1, 0.15) is 35.0 Å². The normalized spacial score (nSPS) is 16.1. The fourth-order valence-corrected chi connectivity index (χ4v) is 3.76. The monoisotopic (exact) mass is 364 g/mol. The van der Waals surface area contributed by atoms with Crippen molar-refractivity contribution in [1.29, 1.82) is 0 Å². The van der Waals surface area contributed by atoms with Crippen molar-refractivity contribution in [2.24, 2.45) is 0 Å². The minimum Gasteiger partial charge on any atom is -0.616 e. The van der Waals surface area contributed by atoms with Crippen LogP contribution in [0.3, 0.4) is 0 Å². The van der Waals surface area contributed by atoms with Crippen molar-refractivity contribution in [3.8, 4) is 11.4 Å². The number of alkyl halides is 2.